The molecule has 0 aliphatic heterocycles. The first-order valence-corrected chi connectivity index (χ1v) is 8.04. The first-order valence-electron chi connectivity index (χ1n) is 8.04. The van der Waals surface area contributed by atoms with Gasteiger partial charge in [-0.05, 0) is 37.3 Å². The molecule has 2 aromatic rings. The van der Waals surface area contributed by atoms with Crippen LogP contribution in [0.2, 0.25) is 0 Å². The van der Waals surface area contributed by atoms with Gasteiger partial charge in [-0.25, -0.2) is 4.39 Å². The fraction of sp³-hybridized carbons (Fsp3) is 0.200. The molecule has 0 aromatic heterocycles. The number of hydrogen-bond acceptors (Lipinski definition) is 5. The molecule has 0 fully saturated rings. The number of nitriles is 2. The third kappa shape index (κ3) is 4.90. The van der Waals surface area contributed by atoms with Gasteiger partial charge >= 0.3 is 0 Å². The molecule has 0 aliphatic carbocycles. The number of ether oxygens (including phenoxy) is 1. The molecular formula is C20H16FN3O3. The number of ketones is 1. The average Bonchev–Trinajstić information content (AvgIpc) is 2.65. The van der Waals surface area contributed by atoms with Crippen LogP contribution in [0.3, 0.4) is 0 Å². The Hall–Kier alpha value is -3.71. The van der Waals surface area contributed by atoms with Crippen LogP contribution in [-0.4, -0.2) is 18.3 Å². The van der Waals surface area contributed by atoms with Crippen LogP contribution < -0.4 is 10.1 Å². The van der Waals surface area contributed by atoms with Gasteiger partial charge in [0.2, 0.25) is 5.91 Å². The zero-order chi connectivity index (χ0) is 20.0. The Balaban J connectivity index is 2.01. The number of carbonyl (C=O) groups excluding carboxylic acids is 2. The van der Waals surface area contributed by atoms with Crippen molar-refractivity contribution in [1.29, 1.82) is 10.5 Å². The van der Waals surface area contributed by atoms with E-state index in [1.165, 1.54) is 37.3 Å². The summed E-state index contributed by atoms with van der Waals surface area (Å²) < 4.78 is 19.0. The van der Waals surface area contributed by atoms with Gasteiger partial charge in [0.15, 0.2) is 5.78 Å². The second-order valence-corrected chi connectivity index (χ2v) is 5.88. The first-order chi connectivity index (χ1) is 12.8. The van der Waals surface area contributed by atoms with E-state index in [9.17, 15) is 14.0 Å². The summed E-state index contributed by atoms with van der Waals surface area (Å²) in [6, 6.07) is 11.9. The van der Waals surface area contributed by atoms with E-state index in [1.54, 1.807) is 13.0 Å². The molecule has 0 aliphatic rings. The second kappa shape index (κ2) is 8.59. The van der Waals surface area contributed by atoms with Crippen molar-refractivity contribution >= 4 is 17.4 Å². The van der Waals surface area contributed by atoms with E-state index in [0.717, 1.165) is 6.07 Å². The van der Waals surface area contributed by atoms with Crippen LogP contribution in [0.25, 0.3) is 0 Å². The van der Waals surface area contributed by atoms with Crippen LogP contribution in [0.15, 0.2) is 36.4 Å². The van der Waals surface area contributed by atoms with Gasteiger partial charge in [0.05, 0.1) is 29.7 Å². The maximum atomic E-state index is 13.6. The predicted molar refractivity (Wildman–Crippen MR) is 95.6 cm³/mol. The minimum Gasteiger partial charge on any atom is -0.493 e. The highest BCUT2D eigenvalue weighted by Crippen LogP contribution is 2.19. The molecule has 2 rings (SSSR count). The van der Waals surface area contributed by atoms with E-state index in [0.29, 0.717) is 5.69 Å². The van der Waals surface area contributed by atoms with Crippen molar-refractivity contribution in [3.05, 3.63) is 58.9 Å². The summed E-state index contributed by atoms with van der Waals surface area (Å²) in [5.41, 5.74) is 0.766. The zero-order valence-corrected chi connectivity index (χ0v) is 14.7. The van der Waals surface area contributed by atoms with Gasteiger partial charge in [-0.15, -0.1) is 0 Å². The number of benzene rings is 2. The molecule has 1 amide bonds. The highest BCUT2D eigenvalue weighted by molar-refractivity contribution is 5.99. The van der Waals surface area contributed by atoms with Crippen molar-refractivity contribution < 1.29 is 18.7 Å². The number of hydrogen-bond donors (Lipinski definition) is 1. The zero-order valence-electron chi connectivity index (χ0n) is 14.7. The molecule has 0 bridgehead atoms. The fourth-order valence-corrected chi connectivity index (χ4v) is 2.25. The molecule has 136 valence electrons. The van der Waals surface area contributed by atoms with Crippen molar-refractivity contribution in [3.8, 4) is 17.9 Å². The molecule has 6 nitrogen and oxygen atoms in total. The Morgan fingerprint density at radius 2 is 1.81 bits per heavy atom. The summed E-state index contributed by atoms with van der Waals surface area (Å²) in [7, 11) is 0. The van der Waals surface area contributed by atoms with Gasteiger partial charge < -0.3 is 10.1 Å². The number of halogens is 1. The lowest BCUT2D eigenvalue weighted by Crippen LogP contribution is -2.25. The van der Waals surface area contributed by atoms with Crippen LogP contribution in [-0.2, 0) is 4.79 Å². The molecule has 0 radical (unpaired) electrons. The topological polar surface area (TPSA) is 103 Å². The Kier molecular flexibility index (Phi) is 6.24. The van der Waals surface area contributed by atoms with Gasteiger partial charge in [0, 0.05) is 17.3 Å². The Bertz CT molecular complexity index is 973. The van der Waals surface area contributed by atoms with Gasteiger partial charge in [-0.1, -0.05) is 6.92 Å². The smallest absolute Gasteiger partial charge is 0.230 e. The molecule has 1 N–H and O–H groups in total. The number of carbonyl (C=O) groups is 2. The number of amides is 1. The van der Waals surface area contributed by atoms with Crippen LogP contribution in [0.5, 0.6) is 5.75 Å². The lowest BCUT2D eigenvalue weighted by atomic mass is 10.0. The molecule has 0 spiro atoms. The SMILES string of the molecule is CC(=O)c1cc(NC(=O)[C@H](C)COc2ccc(C#N)c(F)c2)ccc1C#N. The largest absolute Gasteiger partial charge is 0.493 e. The summed E-state index contributed by atoms with van der Waals surface area (Å²) in [6.07, 6.45) is 0. The van der Waals surface area contributed by atoms with Gasteiger partial charge in [0.25, 0.3) is 0 Å². The maximum Gasteiger partial charge on any atom is 0.230 e. The number of nitrogens with zero attached hydrogens (tertiary/aromatic N) is 2. The third-order valence-electron chi connectivity index (χ3n) is 3.80. The molecule has 7 heteroatoms. The number of nitrogens with one attached hydrogen (secondary N) is 1. The molecule has 1 atom stereocenters. The fourth-order valence-electron chi connectivity index (χ4n) is 2.25. The minimum atomic E-state index is -0.693. The number of anilines is 1. The molecule has 0 heterocycles. The first kappa shape index (κ1) is 19.6. The monoisotopic (exact) mass is 365 g/mol. The van der Waals surface area contributed by atoms with Crippen molar-refractivity contribution in [2.75, 3.05) is 11.9 Å². The van der Waals surface area contributed by atoms with E-state index >= 15 is 0 Å². The van der Waals surface area contributed by atoms with E-state index in [-0.39, 0.29) is 40.7 Å². The predicted octanol–water partition coefficient (Wildman–Crippen LogP) is 3.43. The summed E-state index contributed by atoms with van der Waals surface area (Å²) in [6.45, 7) is 2.97. The van der Waals surface area contributed by atoms with E-state index in [2.05, 4.69) is 5.32 Å². The Morgan fingerprint density at radius 3 is 2.41 bits per heavy atom. The van der Waals surface area contributed by atoms with Gasteiger partial charge in [-0.2, -0.15) is 10.5 Å². The standard InChI is InChI=1S/C20H16FN3O3/c1-12(11-27-17-6-4-15(10-23)19(21)8-17)20(26)24-16-5-3-14(9-22)18(7-16)13(2)25/h3-8,12H,11H2,1-2H3,(H,24,26)/t12-/m1/s1. The molecule has 0 saturated heterocycles. The van der Waals surface area contributed by atoms with Gasteiger partial charge in [0.1, 0.15) is 17.6 Å². The molecule has 27 heavy (non-hydrogen) atoms. The molecular weight excluding hydrogens is 349 g/mol. The number of rotatable bonds is 6. The van der Waals surface area contributed by atoms with E-state index in [1.807, 2.05) is 6.07 Å². The highest BCUT2D eigenvalue weighted by Gasteiger charge is 2.16. The molecule has 2 aromatic carbocycles. The van der Waals surface area contributed by atoms with Crippen LogP contribution in [0.4, 0.5) is 10.1 Å². The summed E-state index contributed by atoms with van der Waals surface area (Å²) in [4.78, 5) is 23.9. The second-order valence-electron chi connectivity index (χ2n) is 5.88. The molecule has 0 saturated carbocycles. The minimum absolute atomic E-state index is 0.00693. The number of Topliss-reactive ketones (excluding diaryl/α,β-unsaturated/α-hetero) is 1. The van der Waals surface area contributed by atoms with Crippen molar-refractivity contribution in [2.45, 2.75) is 13.8 Å². The van der Waals surface area contributed by atoms with Crippen molar-refractivity contribution in [2.24, 2.45) is 5.92 Å². The molecule has 0 unspecified atom stereocenters. The van der Waals surface area contributed by atoms with Crippen LogP contribution in [0.1, 0.15) is 35.3 Å². The lowest BCUT2D eigenvalue weighted by Gasteiger charge is -2.14. The van der Waals surface area contributed by atoms with Crippen LogP contribution in [0, 0.1) is 34.4 Å². The lowest BCUT2D eigenvalue weighted by molar-refractivity contribution is -0.120. The maximum absolute atomic E-state index is 13.6. The normalized spacial score (nSPS) is 11.0. The summed E-state index contributed by atoms with van der Waals surface area (Å²) >= 11 is 0. The highest BCUT2D eigenvalue weighted by atomic mass is 19.1. The van der Waals surface area contributed by atoms with Crippen LogP contribution >= 0.6 is 0 Å². The summed E-state index contributed by atoms with van der Waals surface area (Å²) in [5.74, 6) is -1.69. The Morgan fingerprint density at radius 1 is 1.15 bits per heavy atom. The van der Waals surface area contributed by atoms with Crippen molar-refractivity contribution in [1.82, 2.24) is 0 Å². The van der Waals surface area contributed by atoms with Crippen molar-refractivity contribution in [3.63, 3.8) is 0 Å². The average molecular weight is 365 g/mol. The van der Waals surface area contributed by atoms with Gasteiger partial charge in [-0.3, -0.25) is 9.59 Å². The van der Waals surface area contributed by atoms with E-state index in [4.69, 9.17) is 15.3 Å². The quantitative estimate of drug-likeness (QED) is 0.790. The van der Waals surface area contributed by atoms with E-state index < -0.39 is 11.7 Å². The Labute approximate surface area is 155 Å². The third-order valence-corrected chi connectivity index (χ3v) is 3.80. The summed E-state index contributed by atoms with van der Waals surface area (Å²) in [5, 5.41) is 20.4.